The number of aryl methyl sites for hydroxylation is 1. The van der Waals surface area contributed by atoms with E-state index in [4.69, 9.17) is 14.2 Å². The van der Waals surface area contributed by atoms with Crippen molar-refractivity contribution < 1.29 is 23.8 Å². The van der Waals surface area contributed by atoms with Gasteiger partial charge in [-0.1, -0.05) is 6.07 Å². The van der Waals surface area contributed by atoms with Gasteiger partial charge in [0.15, 0.2) is 5.82 Å². The number of anilines is 1. The van der Waals surface area contributed by atoms with Crippen molar-refractivity contribution in [3.8, 4) is 17.5 Å². The van der Waals surface area contributed by atoms with Gasteiger partial charge in [0.1, 0.15) is 28.6 Å². The van der Waals surface area contributed by atoms with E-state index in [-0.39, 0.29) is 11.4 Å². The smallest absolute Gasteiger partial charge is 0.425 e. The van der Waals surface area contributed by atoms with Crippen molar-refractivity contribution in [1.29, 1.82) is 5.26 Å². The van der Waals surface area contributed by atoms with Crippen LogP contribution in [0.4, 0.5) is 15.4 Å². The fourth-order valence-electron chi connectivity index (χ4n) is 4.43. The molecule has 0 aliphatic heterocycles. The first kappa shape index (κ1) is 27.9. The first-order valence-corrected chi connectivity index (χ1v) is 13.3. The number of hydrogen-bond donors (Lipinski definition) is 0. The van der Waals surface area contributed by atoms with Crippen LogP contribution in [0, 0.1) is 25.2 Å². The molecule has 39 heavy (non-hydrogen) atoms. The number of aromatic nitrogens is 2. The molecule has 0 unspecified atom stereocenters. The second-order valence-corrected chi connectivity index (χ2v) is 12.1. The predicted molar refractivity (Wildman–Crippen MR) is 152 cm³/mol. The van der Waals surface area contributed by atoms with Crippen LogP contribution < -0.4 is 9.64 Å². The molecule has 0 fully saturated rings. The number of nitriles is 1. The second kappa shape index (κ2) is 9.89. The zero-order valence-corrected chi connectivity index (χ0v) is 24.4. The number of thiophene rings is 1. The number of hydrogen-bond acceptors (Lipinski definition) is 8. The Bertz CT molecular complexity index is 1620. The number of carbonyl (C=O) groups is 2. The summed E-state index contributed by atoms with van der Waals surface area (Å²) in [5.41, 5.74) is 1.86. The maximum atomic E-state index is 13.8. The number of benzene rings is 1. The second-order valence-electron chi connectivity index (χ2n) is 11.2. The number of imide groups is 1. The van der Waals surface area contributed by atoms with E-state index in [0.29, 0.717) is 22.3 Å². The van der Waals surface area contributed by atoms with Gasteiger partial charge in [-0.05, 0) is 78.5 Å². The number of fused-ring (bicyclic) bond motifs is 3. The van der Waals surface area contributed by atoms with Crippen molar-refractivity contribution in [3.63, 3.8) is 0 Å². The Kier molecular flexibility index (Phi) is 7.08. The minimum Gasteiger partial charge on any atom is -0.496 e. The van der Waals surface area contributed by atoms with Crippen molar-refractivity contribution in [2.45, 2.75) is 66.6 Å². The molecule has 0 radical (unpaired) electrons. The fourth-order valence-corrected chi connectivity index (χ4v) is 5.31. The van der Waals surface area contributed by atoms with Gasteiger partial charge in [-0.3, -0.25) is 9.55 Å². The summed E-state index contributed by atoms with van der Waals surface area (Å²) in [5.74, 6) is 0.623. The highest BCUT2D eigenvalue weighted by Gasteiger charge is 2.39. The molecule has 3 heterocycles. The SMILES string of the molecule is COc1ccc(C)c(-n2c(N(C(=O)OC(C)(C)C)C(=O)OC(C)(C)C)c(C#N)c3cnc4ccsc4c32)c1C. The average Bonchev–Trinajstić information content (AvgIpc) is 3.40. The molecule has 4 aromatic rings. The van der Waals surface area contributed by atoms with E-state index in [0.717, 1.165) is 26.2 Å². The van der Waals surface area contributed by atoms with Crippen LogP contribution in [0.25, 0.3) is 26.8 Å². The van der Waals surface area contributed by atoms with Crippen LogP contribution >= 0.6 is 11.3 Å². The van der Waals surface area contributed by atoms with E-state index in [1.54, 1.807) is 59.4 Å². The van der Waals surface area contributed by atoms with Crippen molar-refractivity contribution in [3.05, 3.63) is 46.5 Å². The zero-order chi connectivity index (χ0) is 28.9. The predicted octanol–water partition coefficient (Wildman–Crippen LogP) is 7.41. The molecule has 2 amide bonds. The van der Waals surface area contributed by atoms with Crippen LogP contribution in [0.15, 0.2) is 29.8 Å². The largest absolute Gasteiger partial charge is 0.496 e. The normalized spacial score (nSPS) is 11.9. The summed E-state index contributed by atoms with van der Waals surface area (Å²) in [5, 5.41) is 12.9. The summed E-state index contributed by atoms with van der Waals surface area (Å²) in [6, 6.07) is 7.85. The van der Waals surface area contributed by atoms with Gasteiger partial charge in [0.05, 0.1) is 28.5 Å². The van der Waals surface area contributed by atoms with Crippen LogP contribution in [-0.2, 0) is 9.47 Å². The summed E-state index contributed by atoms with van der Waals surface area (Å²) in [6.45, 7) is 14.0. The third kappa shape index (κ3) is 5.14. The van der Waals surface area contributed by atoms with Gasteiger partial charge in [-0.15, -0.1) is 11.3 Å². The summed E-state index contributed by atoms with van der Waals surface area (Å²) in [7, 11) is 1.58. The molecule has 0 atom stereocenters. The maximum absolute atomic E-state index is 13.8. The lowest BCUT2D eigenvalue weighted by Crippen LogP contribution is -2.45. The Morgan fingerprint density at radius 3 is 2.18 bits per heavy atom. The molecular weight excluding hydrogens is 516 g/mol. The lowest BCUT2D eigenvalue weighted by atomic mass is 10.1. The molecule has 4 rings (SSSR count). The molecule has 0 bridgehead atoms. The average molecular weight is 549 g/mol. The summed E-state index contributed by atoms with van der Waals surface area (Å²) in [4.78, 5) is 32.9. The number of rotatable bonds is 3. The Morgan fingerprint density at radius 2 is 1.64 bits per heavy atom. The Morgan fingerprint density at radius 1 is 1.03 bits per heavy atom. The minimum atomic E-state index is -0.967. The quantitative estimate of drug-likeness (QED) is 0.262. The number of methoxy groups -OCH3 is 1. The van der Waals surface area contributed by atoms with Crippen LogP contribution in [0.1, 0.15) is 58.2 Å². The number of nitrogens with zero attached hydrogens (tertiary/aromatic N) is 4. The first-order chi connectivity index (χ1) is 18.2. The van der Waals surface area contributed by atoms with E-state index in [1.165, 1.54) is 11.3 Å². The molecular formula is C29H32N4O5S. The van der Waals surface area contributed by atoms with Crippen LogP contribution in [-0.4, -0.2) is 40.0 Å². The van der Waals surface area contributed by atoms with E-state index < -0.39 is 23.4 Å². The van der Waals surface area contributed by atoms with Gasteiger partial charge in [-0.25, -0.2) is 9.59 Å². The van der Waals surface area contributed by atoms with Crippen molar-refractivity contribution >= 4 is 50.5 Å². The molecule has 9 nitrogen and oxygen atoms in total. The Balaban J connectivity index is 2.22. The molecule has 0 saturated carbocycles. The molecule has 0 saturated heterocycles. The van der Waals surface area contributed by atoms with Gasteiger partial charge >= 0.3 is 12.2 Å². The first-order valence-electron chi connectivity index (χ1n) is 12.4. The molecule has 0 N–H and O–H groups in total. The molecule has 3 aromatic heterocycles. The van der Waals surface area contributed by atoms with Crippen molar-refractivity contribution in [2.24, 2.45) is 0 Å². The Hall–Kier alpha value is -4.10. The van der Waals surface area contributed by atoms with E-state index in [9.17, 15) is 14.9 Å². The number of amides is 2. The number of carbonyl (C=O) groups excluding carboxylic acids is 2. The third-order valence-corrected chi connectivity index (χ3v) is 6.79. The van der Waals surface area contributed by atoms with E-state index in [1.807, 2.05) is 37.4 Å². The van der Waals surface area contributed by atoms with Gasteiger partial charge in [0.2, 0.25) is 0 Å². The number of pyridine rings is 1. The fraction of sp³-hybridized carbons (Fsp3) is 0.379. The highest BCUT2D eigenvalue weighted by atomic mass is 32.1. The molecule has 204 valence electrons. The molecule has 0 aliphatic rings. The topological polar surface area (TPSA) is 107 Å². The van der Waals surface area contributed by atoms with Crippen molar-refractivity contribution in [1.82, 2.24) is 9.55 Å². The van der Waals surface area contributed by atoms with Crippen LogP contribution in [0.3, 0.4) is 0 Å². The van der Waals surface area contributed by atoms with Crippen LogP contribution in [0.5, 0.6) is 5.75 Å². The van der Waals surface area contributed by atoms with Gasteiger partial charge < -0.3 is 14.2 Å². The van der Waals surface area contributed by atoms with E-state index >= 15 is 0 Å². The molecule has 10 heteroatoms. The minimum absolute atomic E-state index is 0.0122. The van der Waals surface area contributed by atoms with Gasteiger partial charge in [-0.2, -0.15) is 10.2 Å². The maximum Gasteiger partial charge on any atom is 0.425 e. The molecule has 0 aliphatic carbocycles. The lowest BCUT2D eigenvalue weighted by Gasteiger charge is -2.30. The van der Waals surface area contributed by atoms with Crippen molar-refractivity contribution in [2.75, 3.05) is 12.0 Å². The highest BCUT2D eigenvalue weighted by Crippen LogP contribution is 2.43. The number of ether oxygens (including phenoxy) is 3. The van der Waals surface area contributed by atoms with Gasteiger partial charge in [0, 0.05) is 17.1 Å². The van der Waals surface area contributed by atoms with Crippen LogP contribution in [0.2, 0.25) is 0 Å². The summed E-state index contributed by atoms with van der Waals surface area (Å²) >= 11 is 1.45. The standard InChI is InChI=1S/C29H32N4O5S/c1-16-10-11-21(36-9)17(2)22(16)32-23-19(15-31-20-12-13-39-24(20)23)18(14-30)25(32)33(26(34)37-28(3,4)5)27(35)38-29(6,7)8/h10-13,15H,1-9H3. The summed E-state index contributed by atoms with van der Waals surface area (Å²) < 4.78 is 19.5. The lowest BCUT2D eigenvalue weighted by molar-refractivity contribution is 0.0428. The summed E-state index contributed by atoms with van der Waals surface area (Å²) in [6.07, 6.45) is -0.340. The van der Waals surface area contributed by atoms with E-state index in [2.05, 4.69) is 11.1 Å². The zero-order valence-electron chi connectivity index (χ0n) is 23.6. The van der Waals surface area contributed by atoms with Gasteiger partial charge in [0.25, 0.3) is 0 Å². The molecule has 1 aromatic carbocycles. The molecule has 0 spiro atoms. The monoisotopic (exact) mass is 548 g/mol. The Labute approximate surface area is 231 Å². The highest BCUT2D eigenvalue weighted by molar-refractivity contribution is 7.18. The third-order valence-electron chi connectivity index (χ3n) is 5.88.